The normalized spacial score (nSPS) is 20.8. The number of carbonyl (C=O) groups is 2. The van der Waals surface area contributed by atoms with Crippen molar-refractivity contribution in [3.05, 3.63) is 35.2 Å². The average molecular weight is 399 g/mol. The summed E-state index contributed by atoms with van der Waals surface area (Å²) >= 11 is 13.1. The maximum absolute atomic E-state index is 11.9. The van der Waals surface area contributed by atoms with Crippen LogP contribution in [-0.2, 0) is 14.3 Å². The van der Waals surface area contributed by atoms with Gasteiger partial charge in [0.15, 0.2) is 11.7 Å². The van der Waals surface area contributed by atoms with Crippen LogP contribution in [0.2, 0.25) is 0 Å². The predicted octanol–water partition coefficient (Wildman–Crippen LogP) is 4.18. The molecule has 0 bridgehead atoms. The number of hydrogen-bond donors (Lipinski definition) is 1. The summed E-state index contributed by atoms with van der Waals surface area (Å²) in [6.45, 7) is 3.22. The number of nitrogens with zero attached hydrogens (tertiary/aromatic N) is 1. The Bertz CT molecular complexity index is 820. The number of esters is 1. The lowest BCUT2D eigenvalue weighted by Crippen LogP contribution is -2.26. The highest BCUT2D eigenvalue weighted by Gasteiger charge is 2.69. The van der Waals surface area contributed by atoms with Crippen LogP contribution in [0.5, 0.6) is 0 Å². The summed E-state index contributed by atoms with van der Waals surface area (Å²) in [5.41, 5.74) is 1.96. The standard InChI is InChI=1S/C17H16Cl2N2O3S/c1-10-3-5-11(6-4-10)12-8-25-15(20-12)21-13(22)7-24-14(23)16(2)9-17(16,18)19/h3-6,8H,7,9H2,1-2H3,(H,20,21,22). The van der Waals surface area contributed by atoms with Gasteiger partial charge in [0.25, 0.3) is 5.91 Å². The van der Waals surface area contributed by atoms with Crippen molar-refractivity contribution in [3.8, 4) is 11.3 Å². The van der Waals surface area contributed by atoms with E-state index in [1.54, 1.807) is 6.92 Å². The lowest BCUT2D eigenvalue weighted by molar-refractivity contribution is -0.152. The summed E-state index contributed by atoms with van der Waals surface area (Å²) in [5.74, 6) is -1.04. The zero-order valence-corrected chi connectivity index (χ0v) is 16.0. The molecule has 0 spiro atoms. The van der Waals surface area contributed by atoms with Crippen molar-refractivity contribution in [3.63, 3.8) is 0 Å². The Kier molecular flexibility index (Phi) is 4.79. The van der Waals surface area contributed by atoms with Crippen molar-refractivity contribution in [1.82, 2.24) is 4.98 Å². The van der Waals surface area contributed by atoms with Gasteiger partial charge in [-0.15, -0.1) is 34.5 Å². The predicted molar refractivity (Wildman–Crippen MR) is 99.0 cm³/mol. The number of carbonyl (C=O) groups excluding carboxylic acids is 2. The first-order valence-corrected chi connectivity index (χ1v) is 9.22. The van der Waals surface area contributed by atoms with Crippen molar-refractivity contribution in [1.29, 1.82) is 0 Å². The fourth-order valence-corrected chi connectivity index (χ4v) is 3.68. The number of nitrogens with one attached hydrogen (secondary N) is 1. The molecule has 1 atom stereocenters. The fraction of sp³-hybridized carbons (Fsp3) is 0.353. The highest BCUT2D eigenvalue weighted by molar-refractivity contribution is 7.14. The van der Waals surface area contributed by atoms with Crippen molar-refractivity contribution in [2.45, 2.75) is 24.6 Å². The van der Waals surface area contributed by atoms with Gasteiger partial charge in [-0.2, -0.15) is 0 Å². The van der Waals surface area contributed by atoms with Gasteiger partial charge in [0.05, 0.1) is 5.69 Å². The first kappa shape index (κ1) is 18.2. The monoisotopic (exact) mass is 398 g/mol. The number of halogens is 2. The van der Waals surface area contributed by atoms with E-state index in [0.717, 1.165) is 16.8 Å². The topological polar surface area (TPSA) is 68.3 Å². The van der Waals surface area contributed by atoms with E-state index in [2.05, 4.69) is 10.3 Å². The molecular weight excluding hydrogens is 383 g/mol. The smallest absolute Gasteiger partial charge is 0.315 e. The minimum Gasteiger partial charge on any atom is -0.455 e. The summed E-state index contributed by atoms with van der Waals surface area (Å²) in [5, 5.41) is 4.91. The molecule has 1 aliphatic carbocycles. The molecule has 2 aromatic rings. The van der Waals surface area contributed by atoms with Gasteiger partial charge in [-0.05, 0) is 13.8 Å². The van der Waals surface area contributed by atoms with Crippen molar-refractivity contribution in [2.24, 2.45) is 5.41 Å². The lowest BCUT2D eigenvalue weighted by atomic mass is 10.1. The molecular formula is C17H16Cl2N2O3S. The first-order chi connectivity index (χ1) is 11.7. The van der Waals surface area contributed by atoms with Crippen LogP contribution in [0.15, 0.2) is 29.6 Å². The van der Waals surface area contributed by atoms with Crippen molar-refractivity contribution >= 4 is 51.5 Å². The summed E-state index contributed by atoms with van der Waals surface area (Å²) in [7, 11) is 0. The van der Waals surface area contributed by atoms with Crippen LogP contribution in [0.25, 0.3) is 11.3 Å². The number of aromatic nitrogens is 1. The summed E-state index contributed by atoms with van der Waals surface area (Å²) < 4.78 is 3.89. The van der Waals surface area contributed by atoms with Crippen LogP contribution in [0, 0.1) is 12.3 Å². The Balaban J connectivity index is 1.54. The number of ether oxygens (including phenoxy) is 1. The molecule has 1 aliphatic rings. The lowest BCUT2D eigenvalue weighted by Gasteiger charge is -2.11. The van der Waals surface area contributed by atoms with Gasteiger partial charge in [0.1, 0.15) is 9.75 Å². The molecule has 8 heteroatoms. The van der Waals surface area contributed by atoms with E-state index in [4.69, 9.17) is 27.9 Å². The molecule has 132 valence electrons. The van der Waals surface area contributed by atoms with Crippen LogP contribution >= 0.6 is 34.5 Å². The second-order valence-corrected chi connectivity index (χ2v) is 8.58. The Hall–Kier alpha value is -1.63. The van der Waals surface area contributed by atoms with Crippen molar-refractivity contribution in [2.75, 3.05) is 11.9 Å². The van der Waals surface area contributed by atoms with Gasteiger partial charge in [0, 0.05) is 17.4 Å². The molecule has 1 aromatic carbocycles. The first-order valence-electron chi connectivity index (χ1n) is 7.59. The van der Waals surface area contributed by atoms with Crippen molar-refractivity contribution < 1.29 is 14.3 Å². The third-order valence-corrected chi connectivity index (χ3v) is 6.00. The number of amides is 1. The van der Waals surface area contributed by atoms with Crippen LogP contribution < -0.4 is 5.32 Å². The molecule has 1 fully saturated rings. The van der Waals surface area contributed by atoms with Crippen LogP contribution in [-0.4, -0.2) is 27.8 Å². The Labute approximate surface area is 159 Å². The van der Waals surface area contributed by atoms with E-state index in [1.165, 1.54) is 11.3 Å². The van der Waals surface area contributed by atoms with Gasteiger partial charge in [-0.25, -0.2) is 4.98 Å². The maximum Gasteiger partial charge on any atom is 0.315 e. The quantitative estimate of drug-likeness (QED) is 0.605. The molecule has 3 rings (SSSR count). The molecule has 0 saturated heterocycles. The van der Waals surface area contributed by atoms with E-state index >= 15 is 0 Å². The van der Waals surface area contributed by atoms with Gasteiger partial charge in [-0.1, -0.05) is 29.8 Å². The molecule has 1 aromatic heterocycles. The Morgan fingerprint density at radius 1 is 1.32 bits per heavy atom. The number of hydrogen-bond acceptors (Lipinski definition) is 5. The maximum atomic E-state index is 11.9. The molecule has 1 N–H and O–H groups in total. The molecule has 1 heterocycles. The van der Waals surface area contributed by atoms with E-state index in [9.17, 15) is 9.59 Å². The molecule has 1 unspecified atom stereocenters. The SMILES string of the molecule is Cc1ccc(-c2csc(NC(=O)COC(=O)C3(C)CC3(Cl)Cl)n2)cc1. The zero-order valence-electron chi connectivity index (χ0n) is 13.6. The number of thiazole rings is 1. The second kappa shape index (κ2) is 6.59. The van der Waals surface area contributed by atoms with Gasteiger partial charge in [0.2, 0.25) is 0 Å². The number of aryl methyl sites for hydroxylation is 1. The molecule has 1 amide bonds. The van der Waals surface area contributed by atoms with Gasteiger partial charge >= 0.3 is 5.97 Å². The highest BCUT2D eigenvalue weighted by atomic mass is 35.5. The molecule has 25 heavy (non-hydrogen) atoms. The van der Waals surface area contributed by atoms with Crippen LogP contribution in [0.1, 0.15) is 18.9 Å². The second-order valence-electron chi connectivity index (χ2n) is 6.24. The number of anilines is 1. The third kappa shape index (κ3) is 3.81. The van der Waals surface area contributed by atoms with Gasteiger partial charge in [-0.3, -0.25) is 14.9 Å². The highest BCUT2D eigenvalue weighted by Crippen LogP contribution is 2.64. The molecule has 0 radical (unpaired) electrons. The summed E-state index contributed by atoms with van der Waals surface area (Å²) in [6.07, 6.45) is 0.315. The van der Waals surface area contributed by atoms with E-state index in [1.807, 2.05) is 36.6 Å². The molecule has 5 nitrogen and oxygen atoms in total. The van der Waals surface area contributed by atoms with Crippen LogP contribution in [0.3, 0.4) is 0 Å². The molecule has 0 aliphatic heterocycles. The number of alkyl halides is 2. The summed E-state index contributed by atoms with van der Waals surface area (Å²) in [4.78, 5) is 28.2. The third-order valence-electron chi connectivity index (χ3n) is 4.14. The van der Waals surface area contributed by atoms with E-state index < -0.39 is 28.2 Å². The van der Waals surface area contributed by atoms with Crippen LogP contribution in [0.4, 0.5) is 5.13 Å². The largest absolute Gasteiger partial charge is 0.455 e. The van der Waals surface area contributed by atoms with E-state index in [0.29, 0.717) is 11.6 Å². The average Bonchev–Trinajstić information content (AvgIpc) is 2.88. The molecule has 1 saturated carbocycles. The van der Waals surface area contributed by atoms with E-state index in [-0.39, 0.29) is 0 Å². The minimum atomic E-state index is -1.11. The Morgan fingerprint density at radius 2 is 1.96 bits per heavy atom. The van der Waals surface area contributed by atoms with Gasteiger partial charge < -0.3 is 4.74 Å². The fourth-order valence-electron chi connectivity index (χ4n) is 2.26. The number of rotatable bonds is 5. The zero-order chi connectivity index (χ0) is 18.2. The number of benzene rings is 1. The summed E-state index contributed by atoms with van der Waals surface area (Å²) in [6, 6.07) is 7.94. The minimum absolute atomic E-state index is 0.315. The Morgan fingerprint density at radius 3 is 2.56 bits per heavy atom.